The predicted octanol–water partition coefficient (Wildman–Crippen LogP) is 4.19. The zero-order valence-electron chi connectivity index (χ0n) is 23.5. The Hall–Kier alpha value is -3.12. The number of nitrogens with one attached hydrogen (secondary N) is 2. The summed E-state index contributed by atoms with van der Waals surface area (Å²) in [6.45, 7) is 7.00. The molecule has 12 heteroatoms. The Kier molecular flexibility index (Phi) is 7.60. The van der Waals surface area contributed by atoms with E-state index in [0.717, 1.165) is 16.5 Å². The molecule has 0 saturated carbocycles. The van der Waals surface area contributed by atoms with E-state index in [1.807, 2.05) is 12.3 Å². The molecule has 0 aliphatic carbocycles. The van der Waals surface area contributed by atoms with E-state index >= 15 is 0 Å². The smallest absolute Gasteiger partial charge is 0.280 e. The average molecular weight is 574 g/mol. The maximum atomic E-state index is 14.5. The number of hydrogen-bond donors (Lipinski definition) is 2. The number of nitrogens with zero attached hydrogens (tertiary/aromatic N) is 5. The van der Waals surface area contributed by atoms with Crippen molar-refractivity contribution in [1.82, 2.24) is 20.3 Å². The number of anilines is 4. The van der Waals surface area contributed by atoms with Crippen molar-refractivity contribution in [3.8, 4) is 0 Å². The Morgan fingerprint density at radius 2 is 1.93 bits per heavy atom. The van der Waals surface area contributed by atoms with Crippen LogP contribution in [0.4, 0.5) is 32.1 Å². The number of hydrogen-bond acceptors (Lipinski definition) is 9. The standard InChI is InChI=1S/C28H37F2N7O2S/c1-17(2)20-6-7-23(37-14-19(18(37)3)15-40(5,38)39)22-13-33-26(12-21(20)22)34-25-8-10-32-27(35-25)36-11-9-24(31-4)28(29,30)16-36/h6-8,10,12-13,17-19,24,31H,9,11,14-16H2,1-5H3,(H,32,33,34,35)/t18-,19-,24+/m1/s1. The highest BCUT2D eigenvalue weighted by molar-refractivity contribution is 7.90. The van der Waals surface area contributed by atoms with Crippen molar-refractivity contribution in [2.24, 2.45) is 5.92 Å². The molecular weight excluding hydrogens is 536 g/mol. The van der Waals surface area contributed by atoms with Gasteiger partial charge < -0.3 is 20.4 Å². The minimum atomic E-state index is -3.04. The van der Waals surface area contributed by atoms with E-state index in [-0.39, 0.29) is 29.6 Å². The molecule has 216 valence electrons. The van der Waals surface area contributed by atoms with Crippen LogP contribution in [0.5, 0.6) is 0 Å². The van der Waals surface area contributed by atoms with Crippen LogP contribution in [0.25, 0.3) is 10.8 Å². The second-order valence-corrected chi connectivity index (χ2v) is 13.6. The summed E-state index contributed by atoms with van der Waals surface area (Å²) >= 11 is 0. The quantitative estimate of drug-likeness (QED) is 0.411. The van der Waals surface area contributed by atoms with Gasteiger partial charge in [0.15, 0.2) is 0 Å². The molecule has 1 aromatic carbocycles. The molecule has 0 radical (unpaired) electrons. The monoisotopic (exact) mass is 573 g/mol. The Morgan fingerprint density at radius 1 is 1.15 bits per heavy atom. The number of fused-ring (bicyclic) bond motifs is 1. The third-order valence-electron chi connectivity index (χ3n) is 8.09. The molecule has 9 nitrogen and oxygen atoms in total. The molecule has 2 aromatic heterocycles. The lowest BCUT2D eigenvalue weighted by molar-refractivity contribution is -0.0405. The molecule has 4 heterocycles. The fourth-order valence-electron chi connectivity index (χ4n) is 5.82. The molecule has 0 bridgehead atoms. The lowest BCUT2D eigenvalue weighted by atomic mass is 9.88. The first-order valence-electron chi connectivity index (χ1n) is 13.6. The summed E-state index contributed by atoms with van der Waals surface area (Å²) in [6.07, 6.45) is 4.97. The summed E-state index contributed by atoms with van der Waals surface area (Å²) < 4.78 is 52.7. The molecule has 2 aliphatic heterocycles. The largest absolute Gasteiger partial charge is 0.368 e. The molecular formula is C28H37F2N7O2S. The first-order valence-corrected chi connectivity index (χ1v) is 15.7. The number of pyridine rings is 1. The van der Waals surface area contributed by atoms with Gasteiger partial charge in [-0.3, -0.25) is 0 Å². The third-order valence-corrected chi connectivity index (χ3v) is 9.13. The Balaban J connectivity index is 1.40. The topological polar surface area (TPSA) is 103 Å². The molecule has 2 saturated heterocycles. The Bertz CT molecular complexity index is 1500. The van der Waals surface area contributed by atoms with Crippen molar-refractivity contribution in [2.75, 3.05) is 53.8 Å². The van der Waals surface area contributed by atoms with Gasteiger partial charge in [-0.15, -0.1) is 0 Å². The maximum Gasteiger partial charge on any atom is 0.280 e. The number of benzene rings is 1. The first-order chi connectivity index (χ1) is 18.9. The van der Waals surface area contributed by atoms with Gasteiger partial charge in [0.25, 0.3) is 5.92 Å². The molecule has 3 aromatic rings. The van der Waals surface area contributed by atoms with E-state index in [0.29, 0.717) is 31.1 Å². The summed E-state index contributed by atoms with van der Waals surface area (Å²) in [5.41, 5.74) is 2.20. The summed E-state index contributed by atoms with van der Waals surface area (Å²) in [4.78, 5) is 17.2. The molecule has 2 N–H and O–H groups in total. The van der Waals surface area contributed by atoms with Gasteiger partial charge in [0, 0.05) is 54.8 Å². The van der Waals surface area contributed by atoms with Crippen LogP contribution in [0.1, 0.15) is 38.7 Å². The van der Waals surface area contributed by atoms with Crippen LogP contribution in [0, 0.1) is 5.92 Å². The van der Waals surface area contributed by atoms with Crippen LogP contribution in [0.2, 0.25) is 0 Å². The number of alkyl halides is 2. The number of halogens is 2. The van der Waals surface area contributed by atoms with E-state index in [1.165, 1.54) is 16.7 Å². The van der Waals surface area contributed by atoms with Crippen molar-refractivity contribution in [3.05, 3.63) is 42.2 Å². The first kappa shape index (κ1) is 28.4. The van der Waals surface area contributed by atoms with Crippen molar-refractivity contribution in [3.63, 3.8) is 0 Å². The van der Waals surface area contributed by atoms with E-state index in [4.69, 9.17) is 0 Å². The highest BCUT2D eigenvalue weighted by atomic mass is 32.2. The lowest BCUT2D eigenvalue weighted by Gasteiger charge is -2.48. The minimum Gasteiger partial charge on any atom is -0.368 e. The zero-order chi connectivity index (χ0) is 28.8. The minimum absolute atomic E-state index is 0.0969. The highest BCUT2D eigenvalue weighted by Crippen LogP contribution is 2.39. The molecule has 40 heavy (non-hydrogen) atoms. The van der Waals surface area contributed by atoms with Crippen LogP contribution < -0.4 is 20.4 Å². The summed E-state index contributed by atoms with van der Waals surface area (Å²) in [7, 11) is -1.48. The summed E-state index contributed by atoms with van der Waals surface area (Å²) in [6, 6.07) is 7.14. The van der Waals surface area contributed by atoms with Gasteiger partial charge in [0.1, 0.15) is 21.5 Å². The van der Waals surface area contributed by atoms with E-state index in [9.17, 15) is 17.2 Å². The predicted molar refractivity (Wildman–Crippen MR) is 156 cm³/mol. The van der Waals surface area contributed by atoms with Gasteiger partial charge in [0.2, 0.25) is 5.95 Å². The van der Waals surface area contributed by atoms with E-state index < -0.39 is 28.3 Å². The molecule has 0 amide bonds. The van der Waals surface area contributed by atoms with Crippen LogP contribution in [0.3, 0.4) is 0 Å². The maximum absolute atomic E-state index is 14.5. The fraction of sp³-hybridized carbons (Fsp3) is 0.536. The Morgan fingerprint density at radius 3 is 2.58 bits per heavy atom. The van der Waals surface area contributed by atoms with E-state index in [1.54, 1.807) is 19.3 Å². The normalized spacial score (nSPS) is 22.9. The molecule has 0 spiro atoms. The van der Waals surface area contributed by atoms with Crippen LogP contribution in [0.15, 0.2) is 36.7 Å². The van der Waals surface area contributed by atoms with Crippen molar-refractivity contribution < 1.29 is 17.2 Å². The lowest BCUT2D eigenvalue weighted by Crippen LogP contribution is -2.57. The van der Waals surface area contributed by atoms with Gasteiger partial charge in [0.05, 0.1) is 18.3 Å². The second kappa shape index (κ2) is 10.7. The zero-order valence-corrected chi connectivity index (χ0v) is 24.3. The molecule has 3 atom stereocenters. The van der Waals surface area contributed by atoms with Crippen LogP contribution in [-0.2, 0) is 9.84 Å². The summed E-state index contributed by atoms with van der Waals surface area (Å²) in [5.74, 6) is -1.03. The second-order valence-electron chi connectivity index (χ2n) is 11.4. The summed E-state index contributed by atoms with van der Waals surface area (Å²) in [5, 5.41) is 7.98. The van der Waals surface area contributed by atoms with Crippen molar-refractivity contribution >= 4 is 43.9 Å². The molecule has 2 aliphatic rings. The van der Waals surface area contributed by atoms with Gasteiger partial charge >= 0.3 is 0 Å². The molecule has 0 unspecified atom stereocenters. The van der Waals surface area contributed by atoms with Crippen molar-refractivity contribution in [1.29, 1.82) is 0 Å². The number of rotatable bonds is 8. The van der Waals surface area contributed by atoms with Gasteiger partial charge in [-0.1, -0.05) is 19.9 Å². The number of piperidine rings is 1. The Labute approximate surface area is 234 Å². The average Bonchev–Trinajstić information content (AvgIpc) is 2.89. The number of aromatic nitrogens is 3. The van der Waals surface area contributed by atoms with Gasteiger partial charge in [-0.05, 0) is 55.5 Å². The third kappa shape index (κ3) is 5.69. The SMILES string of the molecule is CN[C@H]1CCN(c2nccc(Nc3cc4c(C(C)C)ccc(N5C[C@H](CS(C)(=O)=O)[C@H]5C)c4cn3)n2)CC1(F)F. The van der Waals surface area contributed by atoms with Crippen LogP contribution >= 0.6 is 0 Å². The van der Waals surface area contributed by atoms with E-state index in [2.05, 4.69) is 63.4 Å². The molecule has 5 rings (SSSR count). The fourth-order valence-corrected chi connectivity index (χ4v) is 6.98. The van der Waals surface area contributed by atoms with Crippen LogP contribution in [-0.4, -0.2) is 80.1 Å². The molecule has 2 fully saturated rings. The van der Waals surface area contributed by atoms with Gasteiger partial charge in [-0.25, -0.2) is 27.2 Å². The van der Waals surface area contributed by atoms with Crippen molar-refractivity contribution in [2.45, 2.75) is 51.1 Å². The highest BCUT2D eigenvalue weighted by Gasteiger charge is 2.44. The number of sulfone groups is 1. The van der Waals surface area contributed by atoms with Gasteiger partial charge in [-0.2, -0.15) is 4.98 Å².